The molecule has 1 amide bonds. The number of rotatable bonds is 8. The minimum absolute atomic E-state index is 0.00913. The van der Waals surface area contributed by atoms with Crippen molar-refractivity contribution < 1.29 is 18.4 Å². The monoisotopic (exact) mass is 556 g/mol. The summed E-state index contributed by atoms with van der Waals surface area (Å²) in [5.74, 6) is -0.476. The Morgan fingerprint density at radius 2 is 1.61 bits per heavy atom. The topological polar surface area (TPSA) is 77.3 Å². The molecule has 0 aliphatic carbocycles. The molecule has 2 aromatic carbocycles. The fraction of sp³-hybridized carbons (Fsp3) is 0.394. The number of nitriles is 1. The van der Waals surface area contributed by atoms with Gasteiger partial charge in [-0.2, -0.15) is 5.26 Å². The van der Waals surface area contributed by atoms with Gasteiger partial charge in [0.1, 0.15) is 17.7 Å². The molecular formula is C33H34F2N4O2. The number of pyridine rings is 1. The smallest absolute Gasteiger partial charge is 0.255 e. The van der Waals surface area contributed by atoms with Crippen molar-refractivity contribution in [1.82, 2.24) is 14.8 Å². The molecule has 5 rings (SSSR count). The lowest BCUT2D eigenvalue weighted by Crippen LogP contribution is -2.39. The molecule has 0 bridgehead atoms. The highest BCUT2D eigenvalue weighted by molar-refractivity contribution is 5.97. The third-order valence-corrected chi connectivity index (χ3v) is 8.40. The summed E-state index contributed by atoms with van der Waals surface area (Å²) in [4.78, 5) is 34.3. The molecule has 0 saturated carbocycles. The Morgan fingerprint density at radius 3 is 2.22 bits per heavy atom. The molecule has 3 aromatic rings. The zero-order chi connectivity index (χ0) is 28.8. The molecule has 8 heteroatoms. The van der Waals surface area contributed by atoms with Crippen LogP contribution in [-0.4, -0.2) is 52.7 Å². The van der Waals surface area contributed by atoms with Gasteiger partial charge >= 0.3 is 0 Å². The van der Waals surface area contributed by atoms with Gasteiger partial charge in [0.2, 0.25) is 0 Å². The van der Waals surface area contributed by atoms with Gasteiger partial charge in [-0.1, -0.05) is 24.3 Å². The van der Waals surface area contributed by atoms with E-state index in [4.69, 9.17) is 5.26 Å². The number of hydrogen-bond acceptors (Lipinski definition) is 5. The molecule has 2 aliphatic heterocycles. The number of Topliss-reactive ketones (excluding diaryl/α,β-unsaturated/α-hetero) is 1. The molecule has 2 fully saturated rings. The molecule has 1 atom stereocenters. The number of alkyl halides is 1. The molecule has 41 heavy (non-hydrogen) atoms. The van der Waals surface area contributed by atoms with Crippen molar-refractivity contribution in [3.8, 4) is 6.07 Å². The van der Waals surface area contributed by atoms with Crippen molar-refractivity contribution in [1.29, 1.82) is 5.26 Å². The normalized spacial score (nSPS) is 17.6. The number of halogens is 2. The second kappa shape index (κ2) is 13.1. The van der Waals surface area contributed by atoms with Gasteiger partial charge in [0.15, 0.2) is 5.78 Å². The summed E-state index contributed by atoms with van der Waals surface area (Å²) in [7, 11) is 0. The molecule has 3 heterocycles. The number of likely N-dealkylation sites (tertiary alicyclic amines) is 2. The van der Waals surface area contributed by atoms with Crippen LogP contribution in [0.3, 0.4) is 0 Å². The number of ketones is 1. The highest BCUT2D eigenvalue weighted by Gasteiger charge is 2.30. The third-order valence-electron chi connectivity index (χ3n) is 8.40. The van der Waals surface area contributed by atoms with Crippen molar-refractivity contribution in [3.05, 3.63) is 101 Å². The molecule has 1 aromatic heterocycles. The molecule has 0 radical (unpaired) electrons. The SMILES string of the molecule is N#Cc1ccc(CN2CCC(CC(=O)c3ccc(C(=O)N4CCC(C(F)c5ccc(F)cc5)CC4)cn3)CC2)cc1. The Labute approximate surface area is 239 Å². The summed E-state index contributed by atoms with van der Waals surface area (Å²) in [5, 5.41) is 8.96. The average molecular weight is 557 g/mol. The maximum atomic E-state index is 14.9. The molecule has 1 unspecified atom stereocenters. The van der Waals surface area contributed by atoms with Gasteiger partial charge in [0.25, 0.3) is 5.91 Å². The van der Waals surface area contributed by atoms with E-state index in [0.29, 0.717) is 60.7 Å². The lowest BCUT2D eigenvalue weighted by molar-refractivity contribution is 0.0629. The van der Waals surface area contributed by atoms with Crippen LogP contribution in [0.2, 0.25) is 0 Å². The summed E-state index contributed by atoms with van der Waals surface area (Å²) in [6, 6.07) is 18.6. The van der Waals surface area contributed by atoms with Crippen molar-refractivity contribution >= 4 is 11.7 Å². The molecule has 212 valence electrons. The number of amides is 1. The summed E-state index contributed by atoms with van der Waals surface area (Å²) in [6.45, 7) is 3.56. The van der Waals surface area contributed by atoms with E-state index in [2.05, 4.69) is 16.0 Å². The van der Waals surface area contributed by atoms with Crippen LogP contribution < -0.4 is 0 Å². The van der Waals surface area contributed by atoms with E-state index in [1.165, 1.54) is 36.0 Å². The van der Waals surface area contributed by atoms with E-state index in [-0.39, 0.29) is 23.4 Å². The highest BCUT2D eigenvalue weighted by atomic mass is 19.1. The number of piperidine rings is 2. The van der Waals surface area contributed by atoms with E-state index in [9.17, 15) is 18.4 Å². The molecule has 2 aliphatic rings. The van der Waals surface area contributed by atoms with Gasteiger partial charge in [0.05, 0.1) is 17.2 Å². The first-order valence-corrected chi connectivity index (χ1v) is 14.3. The highest BCUT2D eigenvalue weighted by Crippen LogP contribution is 2.34. The zero-order valence-electron chi connectivity index (χ0n) is 23.0. The second-order valence-corrected chi connectivity index (χ2v) is 11.2. The summed E-state index contributed by atoms with van der Waals surface area (Å²) in [5.41, 5.74) is 3.10. The first kappa shape index (κ1) is 28.6. The quantitative estimate of drug-likeness (QED) is 0.312. The standard InChI is InChI=1S/C33H34F2N4O2/c34-29-8-5-26(6-9-29)32(35)27-13-17-39(18-14-27)33(41)28-7-10-30(37-21-28)31(40)19-23-11-15-38(16-12-23)22-25-3-1-24(20-36)2-4-25/h1-10,21,23,27,32H,11-19,22H2. The van der Waals surface area contributed by atoms with Gasteiger partial charge in [-0.25, -0.2) is 8.78 Å². The van der Waals surface area contributed by atoms with Crippen LogP contribution in [-0.2, 0) is 6.54 Å². The maximum absolute atomic E-state index is 14.9. The average Bonchev–Trinajstić information content (AvgIpc) is 3.02. The predicted octanol–water partition coefficient (Wildman–Crippen LogP) is 6.14. The van der Waals surface area contributed by atoms with Crippen LogP contribution in [0.5, 0.6) is 0 Å². The molecular weight excluding hydrogens is 522 g/mol. The molecule has 2 saturated heterocycles. The number of aromatic nitrogens is 1. The van der Waals surface area contributed by atoms with E-state index in [1.54, 1.807) is 17.0 Å². The number of benzene rings is 2. The number of carbonyl (C=O) groups is 2. The largest absolute Gasteiger partial charge is 0.339 e. The minimum atomic E-state index is -1.19. The van der Waals surface area contributed by atoms with Crippen LogP contribution in [0.4, 0.5) is 8.78 Å². The molecule has 0 spiro atoms. The van der Waals surface area contributed by atoms with Gasteiger partial charge < -0.3 is 4.90 Å². The predicted molar refractivity (Wildman–Crippen MR) is 151 cm³/mol. The number of hydrogen-bond donors (Lipinski definition) is 0. The lowest BCUT2D eigenvalue weighted by atomic mass is 9.88. The van der Waals surface area contributed by atoms with Crippen molar-refractivity contribution in [2.75, 3.05) is 26.2 Å². The van der Waals surface area contributed by atoms with Crippen molar-refractivity contribution in [2.24, 2.45) is 11.8 Å². The minimum Gasteiger partial charge on any atom is -0.339 e. The van der Waals surface area contributed by atoms with Crippen molar-refractivity contribution in [3.63, 3.8) is 0 Å². The molecule has 0 N–H and O–H groups in total. The summed E-state index contributed by atoms with van der Waals surface area (Å²) in [6.07, 6.45) is 3.66. The van der Waals surface area contributed by atoms with E-state index < -0.39 is 6.17 Å². The Morgan fingerprint density at radius 1 is 0.927 bits per heavy atom. The van der Waals surface area contributed by atoms with E-state index >= 15 is 0 Å². The lowest BCUT2D eigenvalue weighted by Gasteiger charge is -2.33. The van der Waals surface area contributed by atoms with Crippen LogP contribution in [0.1, 0.15) is 75.8 Å². The van der Waals surface area contributed by atoms with Gasteiger partial charge in [0, 0.05) is 32.3 Å². The zero-order valence-corrected chi connectivity index (χ0v) is 23.0. The first-order chi connectivity index (χ1) is 19.9. The molecule has 6 nitrogen and oxygen atoms in total. The first-order valence-electron chi connectivity index (χ1n) is 14.3. The Kier molecular flexibility index (Phi) is 9.15. The van der Waals surface area contributed by atoms with Gasteiger partial charge in [-0.15, -0.1) is 0 Å². The van der Waals surface area contributed by atoms with Gasteiger partial charge in [-0.05, 0) is 98.1 Å². The Hall–Kier alpha value is -3.96. The maximum Gasteiger partial charge on any atom is 0.255 e. The summed E-state index contributed by atoms with van der Waals surface area (Å²) >= 11 is 0. The van der Waals surface area contributed by atoms with Gasteiger partial charge in [-0.3, -0.25) is 19.5 Å². The van der Waals surface area contributed by atoms with Crippen molar-refractivity contribution in [2.45, 2.75) is 44.8 Å². The Bertz CT molecular complexity index is 1370. The number of carbonyl (C=O) groups excluding carboxylic acids is 2. The fourth-order valence-electron chi connectivity index (χ4n) is 5.84. The summed E-state index contributed by atoms with van der Waals surface area (Å²) < 4.78 is 28.1. The second-order valence-electron chi connectivity index (χ2n) is 11.2. The van der Waals surface area contributed by atoms with E-state index in [1.807, 2.05) is 24.3 Å². The van der Waals surface area contributed by atoms with E-state index in [0.717, 1.165) is 32.5 Å². The Balaban J connectivity index is 1.06. The fourth-order valence-corrected chi connectivity index (χ4v) is 5.84. The van der Waals surface area contributed by atoms with Crippen LogP contribution in [0.25, 0.3) is 0 Å². The number of nitrogens with zero attached hydrogens (tertiary/aromatic N) is 4. The van der Waals surface area contributed by atoms with Crippen LogP contribution in [0, 0.1) is 29.0 Å². The van der Waals surface area contributed by atoms with Crippen LogP contribution in [0.15, 0.2) is 66.9 Å². The van der Waals surface area contributed by atoms with Crippen LogP contribution >= 0.6 is 0 Å². The third kappa shape index (κ3) is 7.22.